The van der Waals surface area contributed by atoms with Crippen LogP contribution in [0.5, 0.6) is 0 Å². The quantitative estimate of drug-likeness (QED) is 0.513. The zero-order valence-corrected chi connectivity index (χ0v) is 11.9. The fourth-order valence-corrected chi connectivity index (χ4v) is 1.53. The van der Waals surface area contributed by atoms with E-state index in [2.05, 4.69) is 5.32 Å². The van der Waals surface area contributed by atoms with Gasteiger partial charge in [0, 0.05) is 24.2 Å². The third-order valence-corrected chi connectivity index (χ3v) is 2.32. The molecule has 0 aliphatic heterocycles. The van der Waals surface area contributed by atoms with Gasteiger partial charge in [0.2, 0.25) is 5.82 Å². The zero-order chi connectivity index (χ0) is 16.2. The van der Waals surface area contributed by atoms with Crippen LogP contribution in [0.15, 0.2) is 12.1 Å². The van der Waals surface area contributed by atoms with Crippen molar-refractivity contribution in [1.29, 1.82) is 0 Å². The summed E-state index contributed by atoms with van der Waals surface area (Å²) in [5.74, 6) is -2.71. The lowest BCUT2D eigenvalue weighted by molar-refractivity contribution is -0.387. The first-order chi connectivity index (χ1) is 9.60. The number of nitrogens with one attached hydrogen (secondary N) is 1. The monoisotopic (exact) mass is 302 g/mol. The summed E-state index contributed by atoms with van der Waals surface area (Å²) in [5.41, 5.74) is -1.56. The molecule has 0 atom stereocenters. The van der Waals surface area contributed by atoms with Gasteiger partial charge in [0.15, 0.2) is 0 Å². The average molecular weight is 302 g/mol. The summed E-state index contributed by atoms with van der Waals surface area (Å²) in [6.07, 6.45) is 0. The molecule has 0 fully saturated rings. The summed E-state index contributed by atoms with van der Waals surface area (Å²) in [4.78, 5) is 21.1. The third kappa shape index (κ3) is 5.42. The first-order valence-corrected chi connectivity index (χ1v) is 6.15. The van der Waals surface area contributed by atoms with Crippen LogP contribution >= 0.6 is 0 Å². The number of rotatable bonds is 5. The minimum atomic E-state index is -1.24. The smallest absolute Gasteiger partial charge is 0.320 e. The van der Waals surface area contributed by atoms with Crippen molar-refractivity contribution in [2.75, 3.05) is 6.54 Å². The first kappa shape index (κ1) is 17.0. The Balaban J connectivity index is 2.66. The van der Waals surface area contributed by atoms with E-state index in [9.17, 15) is 23.7 Å². The van der Waals surface area contributed by atoms with Crippen molar-refractivity contribution in [2.45, 2.75) is 32.9 Å². The van der Waals surface area contributed by atoms with Crippen molar-refractivity contribution in [1.82, 2.24) is 5.32 Å². The Bertz CT molecular complexity index is 556. The van der Waals surface area contributed by atoms with Crippen LogP contribution in [0.4, 0.5) is 14.5 Å². The predicted molar refractivity (Wildman–Crippen MR) is 70.6 cm³/mol. The van der Waals surface area contributed by atoms with E-state index >= 15 is 0 Å². The standard InChI is InChI=1S/C13H16F2N2O4/c1-13(2,3)21-12(18)7-16-6-8-4-11(17(19)20)10(15)5-9(8)14/h4-5,16H,6-7H2,1-3H3. The lowest BCUT2D eigenvalue weighted by Crippen LogP contribution is -2.31. The number of carbonyl (C=O) groups is 1. The number of esters is 1. The van der Waals surface area contributed by atoms with E-state index in [0.29, 0.717) is 6.07 Å². The molecule has 116 valence electrons. The summed E-state index contributed by atoms with van der Waals surface area (Å²) in [5, 5.41) is 13.2. The van der Waals surface area contributed by atoms with Gasteiger partial charge < -0.3 is 10.1 Å². The SMILES string of the molecule is CC(C)(C)OC(=O)CNCc1cc([N+](=O)[O-])c(F)cc1F. The minimum absolute atomic E-state index is 0.105. The van der Waals surface area contributed by atoms with Crippen molar-refractivity contribution < 1.29 is 23.2 Å². The molecule has 1 N–H and O–H groups in total. The molecule has 21 heavy (non-hydrogen) atoms. The van der Waals surface area contributed by atoms with Crippen LogP contribution in [0.2, 0.25) is 0 Å². The van der Waals surface area contributed by atoms with Crippen molar-refractivity contribution in [3.8, 4) is 0 Å². The van der Waals surface area contributed by atoms with Crippen molar-refractivity contribution in [3.05, 3.63) is 39.4 Å². The molecule has 0 heterocycles. The number of ether oxygens (including phenoxy) is 1. The summed E-state index contributed by atoms with van der Waals surface area (Å²) >= 11 is 0. The van der Waals surface area contributed by atoms with Crippen molar-refractivity contribution in [3.63, 3.8) is 0 Å². The van der Waals surface area contributed by atoms with Crippen LogP contribution in [0.25, 0.3) is 0 Å². The van der Waals surface area contributed by atoms with Gasteiger partial charge in [-0.05, 0) is 20.8 Å². The number of benzene rings is 1. The van der Waals surface area contributed by atoms with E-state index in [-0.39, 0.29) is 18.7 Å². The van der Waals surface area contributed by atoms with Crippen LogP contribution in [-0.4, -0.2) is 23.0 Å². The molecule has 6 nitrogen and oxygen atoms in total. The zero-order valence-electron chi connectivity index (χ0n) is 11.9. The second-order valence-corrected chi connectivity index (χ2v) is 5.34. The molecule has 0 saturated carbocycles. The minimum Gasteiger partial charge on any atom is -0.459 e. The van der Waals surface area contributed by atoms with E-state index in [1.165, 1.54) is 0 Å². The maximum absolute atomic E-state index is 13.5. The van der Waals surface area contributed by atoms with Gasteiger partial charge in [0.25, 0.3) is 0 Å². The largest absolute Gasteiger partial charge is 0.459 e. The lowest BCUT2D eigenvalue weighted by atomic mass is 10.1. The van der Waals surface area contributed by atoms with Crippen LogP contribution in [0.3, 0.4) is 0 Å². The van der Waals surface area contributed by atoms with E-state index in [1.807, 2.05) is 0 Å². The highest BCUT2D eigenvalue weighted by molar-refractivity contribution is 5.72. The molecule has 0 aromatic heterocycles. The Morgan fingerprint density at radius 1 is 1.33 bits per heavy atom. The Morgan fingerprint density at radius 3 is 2.48 bits per heavy atom. The highest BCUT2D eigenvalue weighted by Gasteiger charge is 2.19. The van der Waals surface area contributed by atoms with Gasteiger partial charge in [-0.1, -0.05) is 0 Å². The summed E-state index contributed by atoms with van der Waals surface area (Å²) in [6, 6.07) is 1.25. The van der Waals surface area contributed by atoms with Crippen LogP contribution in [-0.2, 0) is 16.1 Å². The van der Waals surface area contributed by atoms with E-state index in [4.69, 9.17) is 4.74 Å². The molecule has 1 aromatic carbocycles. The van der Waals surface area contributed by atoms with Gasteiger partial charge in [-0.15, -0.1) is 0 Å². The number of carbonyl (C=O) groups excluding carboxylic acids is 1. The molecule has 0 radical (unpaired) electrons. The topological polar surface area (TPSA) is 81.5 Å². The second kappa shape index (κ2) is 6.57. The Hall–Kier alpha value is -2.09. The van der Waals surface area contributed by atoms with Crippen LogP contribution in [0, 0.1) is 21.7 Å². The van der Waals surface area contributed by atoms with E-state index in [1.54, 1.807) is 20.8 Å². The van der Waals surface area contributed by atoms with Gasteiger partial charge in [-0.2, -0.15) is 4.39 Å². The fourth-order valence-electron chi connectivity index (χ4n) is 1.53. The molecular weight excluding hydrogens is 286 g/mol. The molecule has 1 aromatic rings. The van der Waals surface area contributed by atoms with Gasteiger partial charge in [-0.3, -0.25) is 14.9 Å². The Kier molecular flexibility index (Phi) is 5.31. The maximum atomic E-state index is 13.5. The van der Waals surface area contributed by atoms with Gasteiger partial charge >= 0.3 is 11.7 Å². The van der Waals surface area contributed by atoms with Crippen molar-refractivity contribution in [2.24, 2.45) is 0 Å². The highest BCUT2D eigenvalue weighted by Crippen LogP contribution is 2.21. The fraction of sp³-hybridized carbons (Fsp3) is 0.462. The lowest BCUT2D eigenvalue weighted by Gasteiger charge is -2.19. The molecule has 0 bridgehead atoms. The molecular formula is C13H16F2N2O4. The highest BCUT2D eigenvalue weighted by atomic mass is 19.1. The summed E-state index contributed by atoms with van der Waals surface area (Å²) < 4.78 is 31.6. The van der Waals surface area contributed by atoms with Crippen LogP contribution in [0.1, 0.15) is 26.3 Å². The normalized spacial score (nSPS) is 11.3. The molecule has 1 rings (SSSR count). The number of halogens is 2. The van der Waals surface area contributed by atoms with E-state index < -0.39 is 33.8 Å². The third-order valence-electron chi connectivity index (χ3n) is 2.32. The van der Waals surface area contributed by atoms with Crippen molar-refractivity contribution >= 4 is 11.7 Å². The number of hydrogen-bond donors (Lipinski definition) is 1. The average Bonchev–Trinajstić information content (AvgIpc) is 2.28. The molecule has 0 spiro atoms. The number of hydrogen-bond acceptors (Lipinski definition) is 5. The number of nitro groups is 1. The molecule has 0 aliphatic rings. The second-order valence-electron chi connectivity index (χ2n) is 5.34. The maximum Gasteiger partial charge on any atom is 0.320 e. The van der Waals surface area contributed by atoms with E-state index in [0.717, 1.165) is 6.07 Å². The summed E-state index contributed by atoms with van der Waals surface area (Å²) in [7, 11) is 0. The van der Waals surface area contributed by atoms with Gasteiger partial charge in [0.05, 0.1) is 11.5 Å². The van der Waals surface area contributed by atoms with Gasteiger partial charge in [0.1, 0.15) is 11.4 Å². The molecule has 0 saturated heterocycles. The van der Waals surface area contributed by atoms with Crippen LogP contribution < -0.4 is 5.32 Å². The molecule has 8 heteroatoms. The molecule has 0 amide bonds. The number of nitro benzene ring substituents is 1. The molecule has 0 aliphatic carbocycles. The number of nitrogens with zero attached hydrogens (tertiary/aromatic N) is 1. The van der Waals surface area contributed by atoms with Gasteiger partial charge in [-0.25, -0.2) is 4.39 Å². The Labute approximate surface area is 120 Å². The first-order valence-electron chi connectivity index (χ1n) is 6.15. The Morgan fingerprint density at radius 2 is 1.95 bits per heavy atom. The predicted octanol–water partition coefficient (Wildman–Crippen LogP) is 2.30. The summed E-state index contributed by atoms with van der Waals surface area (Å²) in [6.45, 7) is 4.75. The molecule has 0 unspecified atom stereocenters.